The van der Waals surface area contributed by atoms with Gasteiger partial charge in [0.05, 0.1) is 5.60 Å². The van der Waals surface area contributed by atoms with E-state index in [1.165, 1.54) is 6.42 Å². The predicted octanol–water partition coefficient (Wildman–Crippen LogP) is 2.18. The fourth-order valence-electron chi connectivity index (χ4n) is 2.66. The van der Waals surface area contributed by atoms with Crippen LogP contribution < -0.4 is 10.2 Å². The number of amides is 1. The number of hydrogen-bond donors (Lipinski definition) is 2. The molecule has 0 atom stereocenters. The lowest BCUT2D eigenvalue weighted by Gasteiger charge is -2.32. The summed E-state index contributed by atoms with van der Waals surface area (Å²) in [5, 5.41) is 13.3. The second-order valence-electron chi connectivity index (χ2n) is 5.91. The molecule has 1 saturated carbocycles. The maximum absolute atomic E-state index is 12.2. The van der Waals surface area contributed by atoms with E-state index in [-0.39, 0.29) is 5.91 Å². The third-order valence-electron chi connectivity index (χ3n) is 3.99. The molecule has 1 aliphatic carbocycles. The van der Waals surface area contributed by atoms with Crippen LogP contribution in [0.5, 0.6) is 0 Å². The molecular formula is C16H24N2O2. The minimum Gasteiger partial charge on any atom is -0.388 e. The number of nitrogens with one attached hydrogen (secondary N) is 1. The average Bonchev–Trinajstić information content (AvgIpc) is 2.46. The number of carbonyl (C=O) groups is 1. The third-order valence-corrected chi connectivity index (χ3v) is 3.99. The summed E-state index contributed by atoms with van der Waals surface area (Å²) in [6, 6.07) is 7.50. The summed E-state index contributed by atoms with van der Waals surface area (Å²) in [5.41, 5.74) is 0.914. The SMILES string of the molecule is CN(C)c1cccc(C(=O)NCC2(O)CCCCC2)c1. The van der Waals surface area contributed by atoms with Crippen molar-refractivity contribution in [2.24, 2.45) is 0 Å². The summed E-state index contributed by atoms with van der Waals surface area (Å²) in [7, 11) is 3.89. The zero-order valence-electron chi connectivity index (χ0n) is 12.4. The molecule has 1 aliphatic rings. The number of hydrogen-bond acceptors (Lipinski definition) is 3. The van der Waals surface area contributed by atoms with Crippen LogP contribution in [0, 0.1) is 0 Å². The van der Waals surface area contributed by atoms with E-state index in [0.717, 1.165) is 31.4 Å². The number of benzene rings is 1. The molecule has 0 saturated heterocycles. The summed E-state index contributed by atoms with van der Waals surface area (Å²) in [6.07, 6.45) is 4.84. The van der Waals surface area contributed by atoms with Crippen LogP contribution in [0.4, 0.5) is 5.69 Å². The van der Waals surface area contributed by atoms with Gasteiger partial charge in [0, 0.05) is 31.9 Å². The second kappa shape index (κ2) is 6.27. The molecule has 20 heavy (non-hydrogen) atoms. The number of anilines is 1. The zero-order valence-corrected chi connectivity index (χ0v) is 12.4. The van der Waals surface area contributed by atoms with E-state index in [0.29, 0.717) is 12.1 Å². The summed E-state index contributed by atoms with van der Waals surface area (Å²) in [6.45, 7) is 0.345. The topological polar surface area (TPSA) is 52.6 Å². The minimum absolute atomic E-state index is 0.118. The van der Waals surface area contributed by atoms with Gasteiger partial charge in [0.25, 0.3) is 5.91 Å². The van der Waals surface area contributed by atoms with Crippen molar-refractivity contribution in [2.75, 3.05) is 25.5 Å². The Morgan fingerprint density at radius 3 is 2.65 bits per heavy atom. The summed E-state index contributed by atoms with van der Waals surface area (Å²) >= 11 is 0. The molecule has 0 aromatic heterocycles. The molecule has 1 aromatic rings. The van der Waals surface area contributed by atoms with E-state index in [1.54, 1.807) is 6.07 Å². The van der Waals surface area contributed by atoms with Gasteiger partial charge in [-0.05, 0) is 31.0 Å². The van der Waals surface area contributed by atoms with Crippen LogP contribution in [-0.2, 0) is 0 Å². The van der Waals surface area contributed by atoms with Crippen molar-refractivity contribution in [3.63, 3.8) is 0 Å². The van der Waals surface area contributed by atoms with Crippen molar-refractivity contribution in [1.29, 1.82) is 0 Å². The monoisotopic (exact) mass is 276 g/mol. The van der Waals surface area contributed by atoms with Gasteiger partial charge in [-0.25, -0.2) is 0 Å². The molecule has 0 heterocycles. The van der Waals surface area contributed by atoms with Gasteiger partial charge in [-0.2, -0.15) is 0 Å². The second-order valence-corrected chi connectivity index (χ2v) is 5.91. The molecule has 1 amide bonds. The Morgan fingerprint density at radius 2 is 2.00 bits per heavy atom. The fraction of sp³-hybridized carbons (Fsp3) is 0.562. The van der Waals surface area contributed by atoms with E-state index >= 15 is 0 Å². The molecule has 2 N–H and O–H groups in total. The maximum atomic E-state index is 12.2. The van der Waals surface area contributed by atoms with Crippen molar-refractivity contribution in [1.82, 2.24) is 5.32 Å². The van der Waals surface area contributed by atoms with Crippen LogP contribution in [0.15, 0.2) is 24.3 Å². The van der Waals surface area contributed by atoms with Crippen molar-refractivity contribution < 1.29 is 9.90 Å². The number of carbonyl (C=O) groups excluding carboxylic acids is 1. The highest BCUT2D eigenvalue weighted by Crippen LogP contribution is 2.27. The van der Waals surface area contributed by atoms with E-state index < -0.39 is 5.60 Å². The lowest BCUT2D eigenvalue weighted by atomic mass is 9.85. The molecule has 110 valence electrons. The predicted molar refractivity (Wildman–Crippen MR) is 81.1 cm³/mol. The number of rotatable bonds is 4. The van der Waals surface area contributed by atoms with Gasteiger partial charge < -0.3 is 15.3 Å². The van der Waals surface area contributed by atoms with Gasteiger partial charge in [-0.15, -0.1) is 0 Å². The third kappa shape index (κ3) is 3.73. The van der Waals surface area contributed by atoms with Crippen LogP contribution in [0.3, 0.4) is 0 Å². The van der Waals surface area contributed by atoms with Crippen molar-refractivity contribution in [3.05, 3.63) is 29.8 Å². The molecule has 0 spiro atoms. The minimum atomic E-state index is -0.715. The normalized spacial score (nSPS) is 17.6. The summed E-state index contributed by atoms with van der Waals surface area (Å²) in [5.74, 6) is -0.118. The van der Waals surface area contributed by atoms with Crippen LogP contribution in [-0.4, -0.2) is 37.3 Å². The molecule has 1 fully saturated rings. The first-order valence-corrected chi connectivity index (χ1v) is 7.28. The largest absolute Gasteiger partial charge is 0.388 e. The van der Waals surface area contributed by atoms with Crippen LogP contribution in [0.2, 0.25) is 0 Å². The Hall–Kier alpha value is -1.55. The highest BCUT2D eigenvalue weighted by atomic mass is 16.3. The Kier molecular flexibility index (Phi) is 4.65. The number of nitrogens with zero attached hydrogens (tertiary/aromatic N) is 1. The van der Waals surface area contributed by atoms with Crippen LogP contribution in [0.25, 0.3) is 0 Å². The number of aliphatic hydroxyl groups is 1. The molecule has 1 aromatic carbocycles. The van der Waals surface area contributed by atoms with E-state index in [9.17, 15) is 9.90 Å². The quantitative estimate of drug-likeness (QED) is 0.886. The smallest absolute Gasteiger partial charge is 0.251 e. The summed E-state index contributed by atoms with van der Waals surface area (Å²) < 4.78 is 0. The first-order valence-electron chi connectivity index (χ1n) is 7.28. The van der Waals surface area contributed by atoms with Gasteiger partial charge in [0.1, 0.15) is 0 Å². The molecule has 0 aliphatic heterocycles. The van der Waals surface area contributed by atoms with Crippen molar-refractivity contribution in [3.8, 4) is 0 Å². The lowest BCUT2D eigenvalue weighted by Crippen LogP contribution is -2.44. The summed E-state index contributed by atoms with van der Waals surface area (Å²) in [4.78, 5) is 14.1. The van der Waals surface area contributed by atoms with Gasteiger partial charge >= 0.3 is 0 Å². The first kappa shape index (κ1) is 14.9. The molecule has 2 rings (SSSR count). The fourth-order valence-corrected chi connectivity index (χ4v) is 2.66. The van der Waals surface area contributed by atoms with Crippen molar-refractivity contribution in [2.45, 2.75) is 37.7 Å². The van der Waals surface area contributed by atoms with Crippen molar-refractivity contribution >= 4 is 11.6 Å². The maximum Gasteiger partial charge on any atom is 0.251 e. The molecule has 0 radical (unpaired) electrons. The van der Waals surface area contributed by atoms with Gasteiger partial charge in [-0.1, -0.05) is 25.3 Å². The molecule has 0 bridgehead atoms. The van der Waals surface area contributed by atoms with Gasteiger partial charge in [0.2, 0.25) is 0 Å². The average molecular weight is 276 g/mol. The zero-order chi connectivity index (χ0) is 14.6. The Bertz CT molecular complexity index is 465. The van der Waals surface area contributed by atoms with E-state index in [1.807, 2.05) is 37.2 Å². The molecule has 4 nitrogen and oxygen atoms in total. The Labute approximate surface area is 120 Å². The van der Waals surface area contributed by atoms with E-state index in [2.05, 4.69) is 5.32 Å². The Morgan fingerprint density at radius 1 is 1.30 bits per heavy atom. The van der Waals surface area contributed by atoms with Crippen LogP contribution in [0.1, 0.15) is 42.5 Å². The molecule has 0 unspecified atom stereocenters. The van der Waals surface area contributed by atoms with Crippen LogP contribution >= 0.6 is 0 Å². The van der Waals surface area contributed by atoms with Gasteiger partial charge in [-0.3, -0.25) is 4.79 Å². The van der Waals surface area contributed by atoms with Gasteiger partial charge in [0.15, 0.2) is 0 Å². The lowest BCUT2D eigenvalue weighted by molar-refractivity contribution is 0.00526. The first-order chi connectivity index (χ1) is 9.50. The highest BCUT2D eigenvalue weighted by molar-refractivity contribution is 5.95. The highest BCUT2D eigenvalue weighted by Gasteiger charge is 2.29. The molecular weight excluding hydrogens is 252 g/mol. The molecule has 4 heteroatoms. The van der Waals surface area contributed by atoms with E-state index in [4.69, 9.17) is 0 Å². The Balaban J connectivity index is 1.96. The standard InChI is InChI=1S/C16H24N2O2/c1-18(2)14-8-6-7-13(11-14)15(19)17-12-16(20)9-4-3-5-10-16/h6-8,11,20H,3-5,9-10,12H2,1-2H3,(H,17,19).